The average molecular weight is 475 g/mol. The molecule has 1 saturated heterocycles. The number of nitrogen functional groups attached to an aromatic ring is 1. The number of nitrogens with two attached hydrogens (primary N) is 1. The lowest BCUT2D eigenvalue weighted by Gasteiger charge is -2.66. The first-order chi connectivity index (χ1) is 17.0. The minimum Gasteiger partial charge on any atom is -0.461 e. The van der Waals surface area contributed by atoms with Gasteiger partial charge in [-0.15, -0.1) is 0 Å². The molecule has 3 atom stereocenters. The van der Waals surface area contributed by atoms with Crippen LogP contribution in [0.1, 0.15) is 60.9 Å². The van der Waals surface area contributed by atoms with Crippen LogP contribution in [0.5, 0.6) is 0 Å². The number of ether oxygens (including phenoxy) is 1. The highest BCUT2D eigenvalue weighted by Crippen LogP contribution is 2.62. The Labute approximate surface area is 209 Å². The molecule has 0 spiro atoms. The van der Waals surface area contributed by atoms with Crippen LogP contribution >= 0.6 is 0 Å². The summed E-state index contributed by atoms with van der Waals surface area (Å²) in [6.45, 7) is 2.88. The van der Waals surface area contributed by atoms with Gasteiger partial charge < -0.3 is 20.5 Å². The molecule has 5 nitrogen and oxygen atoms in total. The summed E-state index contributed by atoms with van der Waals surface area (Å²) in [6, 6.07) is 17.7. The van der Waals surface area contributed by atoms with E-state index in [1.54, 1.807) is 18.2 Å². The van der Waals surface area contributed by atoms with Crippen molar-refractivity contribution < 1.29 is 14.6 Å². The number of aryl methyl sites for hydroxylation is 1. The monoisotopic (exact) mass is 474 g/mol. The molecule has 1 saturated carbocycles. The third-order valence-electron chi connectivity index (χ3n) is 8.93. The number of nitrogens with zero attached hydrogens (tertiary/aromatic N) is 1. The summed E-state index contributed by atoms with van der Waals surface area (Å²) in [7, 11) is 0. The Kier molecular flexibility index (Phi) is 6.73. The molecular weight excluding hydrogens is 436 g/mol. The fourth-order valence-electron chi connectivity index (χ4n) is 7.16. The van der Waals surface area contributed by atoms with Crippen LogP contribution in [0.4, 0.5) is 5.69 Å². The predicted molar refractivity (Wildman–Crippen MR) is 139 cm³/mol. The molecule has 1 heterocycles. The van der Waals surface area contributed by atoms with E-state index in [0.717, 1.165) is 64.6 Å². The van der Waals surface area contributed by atoms with Gasteiger partial charge in [0.1, 0.15) is 6.61 Å². The fourth-order valence-corrected chi connectivity index (χ4v) is 7.16. The van der Waals surface area contributed by atoms with Gasteiger partial charge in [-0.3, -0.25) is 0 Å². The number of piperidine rings is 1. The summed E-state index contributed by atoms with van der Waals surface area (Å²) in [5, 5.41) is 12.5. The smallest absolute Gasteiger partial charge is 0.340 e. The zero-order valence-electron chi connectivity index (χ0n) is 20.6. The Morgan fingerprint density at radius 3 is 2.63 bits per heavy atom. The van der Waals surface area contributed by atoms with E-state index in [-0.39, 0.29) is 12.0 Å². The highest BCUT2D eigenvalue weighted by atomic mass is 16.5. The largest absolute Gasteiger partial charge is 0.461 e. The van der Waals surface area contributed by atoms with Crippen molar-refractivity contribution >= 4 is 11.7 Å². The molecule has 2 aliphatic carbocycles. The van der Waals surface area contributed by atoms with E-state index in [4.69, 9.17) is 10.5 Å². The van der Waals surface area contributed by atoms with Gasteiger partial charge in [-0.1, -0.05) is 61.0 Å². The molecule has 1 aliphatic heterocycles. The molecule has 5 heteroatoms. The number of para-hydroxylation sites is 1. The number of esters is 1. The van der Waals surface area contributed by atoms with E-state index in [0.29, 0.717) is 17.7 Å². The highest BCUT2D eigenvalue weighted by molar-refractivity contribution is 5.95. The lowest BCUT2D eigenvalue weighted by molar-refractivity contribution is -0.255. The van der Waals surface area contributed by atoms with E-state index in [2.05, 4.69) is 47.4 Å². The van der Waals surface area contributed by atoms with E-state index >= 15 is 0 Å². The molecule has 0 aromatic heterocycles. The highest BCUT2D eigenvalue weighted by Gasteiger charge is 2.67. The standard InChI is InChI=1S/C30H38N2O3/c31-26-15-6-5-14-25(26)27(33)35-23-29-18-10-17-28(16-7-2-8-19-30(28,29)34)21-32(22-29)20-9-13-24-11-3-1-4-12-24/h1-6,8,11-12,14-15,34H,7,9-10,13,16-23,31H2/t28-,29+,30+/m0/s1. The first-order valence-electron chi connectivity index (χ1n) is 13.1. The number of benzene rings is 2. The Balaban J connectivity index is 1.37. The summed E-state index contributed by atoms with van der Waals surface area (Å²) in [6.07, 6.45) is 12.1. The Hall–Kier alpha value is -2.63. The first kappa shape index (κ1) is 24.1. The van der Waals surface area contributed by atoms with Crippen LogP contribution in [0.2, 0.25) is 0 Å². The first-order valence-corrected chi connectivity index (χ1v) is 13.1. The quantitative estimate of drug-likeness (QED) is 0.335. The van der Waals surface area contributed by atoms with E-state index < -0.39 is 17.0 Å². The van der Waals surface area contributed by atoms with E-state index in [1.807, 2.05) is 6.07 Å². The van der Waals surface area contributed by atoms with Crippen molar-refractivity contribution in [3.8, 4) is 0 Å². The van der Waals surface area contributed by atoms with Crippen molar-refractivity contribution in [3.63, 3.8) is 0 Å². The molecule has 0 radical (unpaired) electrons. The molecule has 3 aliphatic rings. The molecular formula is C30H38N2O3. The molecule has 186 valence electrons. The maximum absolute atomic E-state index is 13.0. The molecule has 3 N–H and O–H groups in total. The van der Waals surface area contributed by atoms with Crippen molar-refractivity contribution in [2.24, 2.45) is 10.8 Å². The van der Waals surface area contributed by atoms with Crippen LogP contribution in [0.3, 0.4) is 0 Å². The van der Waals surface area contributed by atoms with Gasteiger partial charge in [0.25, 0.3) is 0 Å². The number of anilines is 1. The van der Waals surface area contributed by atoms with E-state index in [1.165, 1.54) is 5.56 Å². The Morgan fingerprint density at radius 1 is 1.00 bits per heavy atom. The third kappa shape index (κ3) is 4.41. The maximum Gasteiger partial charge on any atom is 0.340 e. The zero-order valence-corrected chi connectivity index (χ0v) is 20.6. The molecule has 5 rings (SSSR count). The zero-order chi connectivity index (χ0) is 24.4. The van der Waals surface area contributed by atoms with Gasteiger partial charge >= 0.3 is 5.97 Å². The number of rotatable bonds is 7. The topological polar surface area (TPSA) is 75.8 Å². The Bertz CT molecular complexity index is 1070. The third-order valence-corrected chi connectivity index (χ3v) is 8.93. The molecule has 0 unspecified atom stereocenters. The minimum absolute atomic E-state index is 0.169. The predicted octanol–water partition coefficient (Wildman–Crippen LogP) is 5.00. The van der Waals surface area contributed by atoms with Crippen molar-refractivity contribution in [1.82, 2.24) is 4.90 Å². The van der Waals surface area contributed by atoms with Crippen molar-refractivity contribution in [2.75, 3.05) is 32.0 Å². The number of likely N-dealkylation sites (tertiary alicyclic amines) is 1. The van der Waals surface area contributed by atoms with Gasteiger partial charge in [-0.25, -0.2) is 4.79 Å². The van der Waals surface area contributed by atoms with Gasteiger partial charge in [0, 0.05) is 29.6 Å². The number of carbonyl (C=O) groups is 1. The van der Waals surface area contributed by atoms with Crippen LogP contribution in [-0.2, 0) is 11.2 Å². The lowest BCUT2D eigenvalue weighted by atomic mass is 9.47. The van der Waals surface area contributed by atoms with Crippen LogP contribution in [0.25, 0.3) is 0 Å². The SMILES string of the molecule is Nc1ccccc1C(=O)OC[C@]12CCC[C@@]3(CCC=CC[C@@]31O)CN(CCCc1ccccc1)C2. The molecule has 35 heavy (non-hydrogen) atoms. The molecule has 2 aromatic carbocycles. The van der Waals surface area contributed by atoms with Gasteiger partial charge in [0.15, 0.2) is 0 Å². The Morgan fingerprint density at radius 2 is 1.80 bits per heavy atom. The second-order valence-electron chi connectivity index (χ2n) is 11.0. The summed E-state index contributed by atoms with van der Waals surface area (Å²) in [5.74, 6) is -0.400. The van der Waals surface area contributed by atoms with Gasteiger partial charge in [-0.05, 0) is 69.2 Å². The molecule has 2 aromatic rings. The second kappa shape index (κ2) is 9.79. The fraction of sp³-hybridized carbons (Fsp3) is 0.500. The number of hydrogen-bond acceptors (Lipinski definition) is 5. The van der Waals surface area contributed by atoms with Crippen molar-refractivity contribution in [1.29, 1.82) is 0 Å². The molecule has 2 fully saturated rings. The van der Waals surface area contributed by atoms with Crippen LogP contribution in [0, 0.1) is 10.8 Å². The number of allylic oxidation sites excluding steroid dienone is 1. The summed E-state index contributed by atoms with van der Waals surface area (Å²) < 4.78 is 5.97. The summed E-state index contributed by atoms with van der Waals surface area (Å²) in [5.41, 5.74) is 6.70. The molecule has 2 bridgehead atoms. The number of hydrogen-bond donors (Lipinski definition) is 2. The summed E-state index contributed by atoms with van der Waals surface area (Å²) >= 11 is 0. The van der Waals surface area contributed by atoms with Crippen molar-refractivity contribution in [2.45, 2.75) is 57.0 Å². The average Bonchev–Trinajstić information content (AvgIpc) is 3.03. The molecule has 0 amide bonds. The van der Waals surface area contributed by atoms with Gasteiger partial charge in [0.2, 0.25) is 0 Å². The minimum atomic E-state index is -0.871. The lowest BCUT2D eigenvalue weighted by Crippen LogP contribution is -2.73. The van der Waals surface area contributed by atoms with Crippen LogP contribution in [-0.4, -0.2) is 47.8 Å². The normalized spacial score (nSPS) is 30.3. The van der Waals surface area contributed by atoms with Gasteiger partial charge in [-0.2, -0.15) is 0 Å². The maximum atomic E-state index is 13.0. The van der Waals surface area contributed by atoms with E-state index in [9.17, 15) is 9.90 Å². The summed E-state index contributed by atoms with van der Waals surface area (Å²) in [4.78, 5) is 15.5. The van der Waals surface area contributed by atoms with Crippen LogP contribution < -0.4 is 5.73 Å². The van der Waals surface area contributed by atoms with Gasteiger partial charge in [0.05, 0.1) is 11.2 Å². The number of carbonyl (C=O) groups excluding carboxylic acids is 1. The van der Waals surface area contributed by atoms with Crippen molar-refractivity contribution in [3.05, 3.63) is 77.9 Å². The number of aliphatic hydroxyl groups is 1. The van der Waals surface area contributed by atoms with Crippen LogP contribution in [0.15, 0.2) is 66.7 Å². The second-order valence-corrected chi connectivity index (χ2v) is 11.0.